The summed E-state index contributed by atoms with van der Waals surface area (Å²) in [5, 5.41) is 8.94. The molecule has 1 N–H and O–H groups in total. The molecule has 0 spiro atoms. The Bertz CT molecular complexity index is 336. The Morgan fingerprint density at radius 3 is 2.00 bits per heavy atom. The molecule has 0 aromatic rings. The van der Waals surface area contributed by atoms with Crippen molar-refractivity contribution >= 4 is 11.9 Å². The molecule has 1 amide bonds. The second-order valence-corrected chi connectivity index (χ2v) is 6.23. The maximum Gasteiger partial charge on any atom is 0.317 e. The van der Waals surface area contributed by atoms with Crippen LogP contribution in [0.4, 0.5) is 0 Å². The molecule has 0 saturated heterocycles. The minimum absolute atomic E-state index is 0.0487. The number of aliphatic carboxylic acids is 1. The lowest BCUT2D eigenvalue weighted by Gasteiger charge is -2.35. The van der Waals surface area contributed by atoms with Gasteiger partial charge in [-0.05, 0) is 40.5 Å². The lowest BCUT2D eigenvalue weighted by Crippen LogP contribution is -2.50. The first-order valence-electron chi connectivity index (χ1n) is 7.60. The van der Waals surface area contributed by atoms with E-state index in [0.29, 0.717) is 6.04 Å². The van der Waals surface area contributed by atoms with Gasteiger partial charge < -0.3 is 10.0 Å². The number of carboxylic acid groups (broad SMARTS) is 1. The van der Waals surface area contributed by atoms with E-state index in [0.717, 1.165) is 12.8 Å². The summed E-state index contributed by atoms with van der Waals surface area (Å²) in [5.74, 6) is -0.828. The summed E-state index contributed by atoms with van der Waals surface area (Å²) in [4.78, 5) is 27.1. The van der Waals surface area contributed by atoms with E-state index in [2.05, 4.69) is 0 Å². The van der Waals surface area contributed by atoms with Crippen LogP contribution in [0.1, 0.15) is 53.4 Å². The van der Waals surface area contributed by atoms with Gasteiger partial charge in [0.15, 0.2) is 0 Å². The summed E-state index contributed by atoms with van der Waals surface area (Å²) in [6.45, 7) is 8.02. The Morgan fingerprint density at radius 2 is 1.60 bits per heavy atom. The Hall–Kier alpha value is -1.10. The van der Waals surface area contributed by atoms with E-state index < -0.39 is 5.97 Å². The Labute approximate surface area is 121 Å². The van der Waals surface area contributed by atoms with Gasteiger partial charge in [0.2, 0.25) is 5.91 Å². The monoisotopic (exact) mass is 284 g/mol. The molecule has 116 valence electrons. The second-order valence-electron chi connectivity index (χ2n) is 6.23. The molecule has 20 heavy (non-hydrogen) atoms. The number of carboxylic acids is 1. The van der Waals surface area contributed by atoms with E-state index in [1.54, 1.807) is 4.90 Å². The minimum atomic E-state index is -0.886. The third kappa shape index (κ3) is 4.78. The molecule has 0 aliphatic heterocycles. The van der Waals surface area contributed by atoms with Gasteiger partial charge in [-0.1, -0.05) is 12.8 Å². The van der Waals surface area contributed by atoms with Gasteiger partial charge in [0.05, 0.1) is 13.1 Å². The fraction of sp³-hybridized carbons (Fsp3) is 0.867. The molecule has 0 heterocycles. The van der Waals surface area contributed by atoms with Crippen LogP contribution in [0.3, 0.4) is 0 Å². The van der Waals surface area contributed by atoms with Crippen LogP contribution >= 0.6 is 0 Å². The highest BCUT2D eigenvalue weighted by Crippen LogP contribution is 2.25. The average molecular weight is 284 g/mol. The summed E-state index contributed by atoms with van der Waals surface area (Å²) in [7, 11) is 0. The molecule has 1 fully saturated rings. The zero-order chi connectivity index (χ0) is 15.3. The highest BCUT2D eigenvalue weighted by molar-refractivity contribution is 5.80. The van der Waals surface area contributed by atoms with E-state index in [1.807, 2.05) is 32.6 Å². The van der Waals surface area contributed by atoms with Crippen LogP contribution in [0.15, 0.2) is 0 Å². The zero-order valence-electron chi connectivity index (χ0n) is 13.1. The molecule has 1 aliphatic rings. The topological polar surface area (TPSA) is 60.9 Å². The number of hydrogen-bond acceptors (Lipinski definition) is 3. The molecule has 0 aromatic heterocycles. The highest BCUT2D eigenvalue weighted by Gasteiger charge is 2.30. The summed E-state index contributed by atoms with van der Waals surface area (Å²) >= 11 is 0. The molecule has 1 aliphatic carbocycles. The van der Waals surface area contributed by atoms with Gasteiger partial charge >= 0.3 is 5.97 Å². The van der Waals surface area contributed by atoms with Crippen LogP contribution in [0, 0.1) is 0 Å². The van der Waals surface area contributed by atoms with Crippen molar-refractivity contribution in [3.05, 3.63) is 0 Å². The quantitative estimate of drug-likeness (QED) is 0.776. The van der Waals surface area contributed by atoms with Gasteiger partial charge in [-0.3, -0.25) is 14.5 Å². The van der Waals surface area contributed by atoms with Crippen LogP contribution in [-0.2, 0) is 9.59 Å². The van der Waals surface area contributed by atoms with Crippen molar-refractivity contribution in [2.75, 3.05) is 13.1 Å². The maximum absolute atomic E-state index is 12.6. The van der Waals surface area contributed by atoms with Crippen molar-refractivity contribution in [3.8, 4) is 0 Å². The van der Waals surface area contributed by atoms with Gasteiger partial charge in [-0.25, -0.2) is 0 Å². The van der Waals surface area contributed by atoms with Crippen molar-refractivity contribution in [1.82, 2.24) is 9.80 Å². The fourth-order valence-corrected chi connectivity index (χ4v) is 2.95. The Morgan fingerprint density at radius 1 is 1.05 bits per heavy atom. The van der Waals surface area contributed by atoms with Gasteiger partial charge in [0.25, 0.3) is 0 Å². The molecule has 5 nitrogen and oxygen atoms in total. The molecule has 1 saturated carbocycles. The number of carbonyl (C=O) groups is 2. The first-order valence-corrected chi connectivity index (χ1v) is 7.60. The maximum atomic E-state index is 12.6. The van der Waals surface area contributed by atoms with Crippen molar-refractivity contribution in [3.63, 3.8) is 0 Å². The van der Waals surface area contributed by atoms with Gasteiger partial charge in [0.1, 0.15) is 0 Å². The van der Waals surface area contributed by atoms with Crippen LogP contribution in [-0.4, -0.2) is 58.0 Å². The second kappa shape index (κ2) is 7.62. The van der Waals surface area contributed by atoms with Crippen molar-refractivity contribution in [1.29, 1.82) is 0 Å². The molecule has 1 rings (SSSR count). The van der Waals surface area contributed by atoms with E-state index in [4.69, 9.17) is 5.11 Å². The minimum Gasteiger partial charge on any atom is -0.480 e. The number of rotatable bonds is 7. The number of amides is 1. The number of nitrogens with zero attached hydrogens (tertiary/aromatic N) is 2. The smallest absolute Gasteiger partial charge is 0.317 e. The summed E-state index contributed by atoms with van der Waals surface area (Å²) in [6.07, 6.45) is 4.52. The van der Waals surface area contributed by atoms with Gasteiger partial charge in [-0.2, -0.15) is 0 Å². The molecule has 5 heteroatoms. The van der Waals surface area contributed by atoms with E-state index in [-0.39, 0.29) is 31.1 Å². The van der Waals surface area contributed by atoms with E-state index >= 15 is 0 Å². The van der Waals surface area contributed by atoms with Crippen LogP contribution in [0.2, 0.25) is 0 Å². The van der Waals surface area contributed by atoms with Crippen LogP contribution < -0.4 is 0 Å². The van der Waals surface area contributed by atoms with Crippen molar-refractivity contribution in [2.24, 2.45) is 0 Å². The molecule has 0 radical (unpaired) electrons. The van der Waals surface area contributed by atoms with E-state index in [1.165, 1.54) is 12.8 Å². The lowest BCUT2D eigenvalue weighted by atomic mass is 10.1. The first-order chi connectivity index (χ1) is 9.32. The summed E-state index contributed by atoms with van der Waals surface area (Å²) < 4.78 is 0. The normalized spacial score (nSPS) is 16.4. The first kappa shape index (κ1) is 17.0. The third-order valence-electron chi connectivity index (χ3n) is 3.97. The Balaban J connectivity index is 2.70. The van der Waals surface area contributed by atoms with Crippen LogP contribution in [0.25, 0.3) is 0 Å². The molecule has 0 bridgehead atoms. The number of hydrogen-bond donors (Lipinski definition) is 1. The summed E-state index contributed by atoms with van der Waals surface area (Å²) in [6, 6.07) is 0.554. The van der Waals surface area contributed by atoms with Crippen LogP contribution in [0.5, 0.6) is 0 Å². The lowest BCUT2D eigenvalue weighted by molar-refractivity contribution is -0.141. The number of carbonyl (C=O) groups excluding carboxylic acids is 1. The molecule has 0 atom stereocenters. The van der Waals surface area contributed by atoms with Crippen molar-refractivity contribution in [2.45, 2.75) is 71.5 Å². The molecule has 0 aromatic carbocycles. The fourth-order valence-electron chi connectivity index (χ4n) is 2.95. The molecular weight excluding hydrogens is 256 g/mol. The summed E-state index contributed by atoms with van der Waals surface area (Å²) in [5.41, 5.74) is 0. The molecular formula is C15H28N2O3. The average Bonchev–Trinajstić information content (AvgIpc) is 2.80. The standard InChI is InChI=1S/C15H28N2O3/c1-11(2)16(10-15(19)20)9-14(18)17(12(3)4)13-7-5-6-8-13/h11-13H,5-10H2,1-4H3,(H,19,20). The third-order valence-corrected chi connectivity index (χ3v) is 3.97. The van der Waals surface area contributed by atoms with E-state index in [9.17, 15) is 9.59 Å². The van der Waals surface area contributed by atoms with Crippen molar-refractivity contribution < 1.29 is 14.7 Å². The Kier molecular flexibility index (Phi) is 6.46. The van der Waals surface area contributed by atoms with Gasteiger partial charge in [0, 0.05) is 18.1 Å². The SMILES string of the molecule is CC(C)N(CC(=O)O)CC(=O)N(C(C)C)C1CCCC1. The molecule has 0 unspecified atom stereocenters. The predicted molar refractivity (Wildman–Crippen MR) is 78.6 cm³/mol. The largest absolute Gasteiger partial charge is 0.480 e. The van der Waals surface area contributed by atoms with Gasteiger partial charge in [-0.15, -0.1) is 0 Å². The zero-order valence-corrected chi connectivity index (χ0v) is 13.1. The highest BCUT2D eigenvalue weighted by atomic mass is 16.4. The predicted octanol–water partition coefficient (Wildman–Crippen LogP) is 1.96.